The fourth-order valence-corrected chi connectivity index (χ4v) is 1.16. The van der Waals surface area contributed by atoms with E-state index in [1.165, 1.54) is 0 Å². The number of likely N-dealkylation sites (N-methyl/N-ethyl adjacent to an activating group) is 1. The van der Waals surface area contributed by atoms with Gasteiger partial charge in [0, 0.05) is 20.2 Å². The molecule has 17 heavy (non-hydrogen) atoms. The van der Waals surface area contributed by atoms with E-state index in [9.17, 15) is 9.90 Å². The van der Waals surface area contributed by atoms with Crippen LogP contribution in [0.1, 0.15) is 13.8 Å². The van der Waals surface area contributed by atoms with Gasteiger partial charge in [0.2, 0.25) is 5.91 Å². The van der Waals surface area contributed by atoms with Crippen molar-refractivity contribution in [2.75, 3.05) is 40.0 Å². The summed E-state index contributed by atoms with van der Waals surface area (Å²) in [5.74, 6) is -0.102. The number of hydrogen-bond acceptors (Lipinski definition) is 5. The van der Waals surface area contributed by atoms with Crippen molar-refractivity contribution < 1.29 is 19.4 Å². The van der Waals surface area contributed by atoms with Gasteiger partial charge in [0.1, 0.15) is 0 Å². The Morgan fingerprint density at radius 2 is 2.00 bits per heavy atom. The van der Waals surface area contributed by atoms with Gasteiger partial charge in [-0.25, -0.2) is 0 Å². The van der Waals surface area contributed by atoms with Crippen molar-refractivity contribution in [3.05, 3.63) is 0 Å². The highest BCUT2D eigenvalue weighted by atomic mass is 16.5. The molecule has 0 fully saturated rings. The van der Waals surface area contributed by atoms with Gasteiger partial charge < -0.3 is 25.2 Å². The van der Waals surface area contributed by atoms with Crippen LogP contribution in [0.3, 0.4) is 0 Å². The predicted octanol–water partition coefficient (Wildman–Crippen LogP) is -0.875. The second-order valence-electron chi connectivity index (χ2n) is 3.67. The SMILES string of the molecule is CCOCCOCC(O)CNC(C)C(=O)NC. The van der Waals surface area contributed by atoms with Gasteiger partial charge in [-0.1, -0.05) is 0 Å². The van der Waals surface area contributed by atoms with E-state index in [0.29, 0.717) is 26.4 Å². The molecule has 0 aliphatic rings. The average molecular weight is 248 g/mol. The highest BCUT2D eigenvalue weighted by Crippen LogP contribution is 1.87. The number of aliphatic hydroxyl groups excluding tert-OH is 1. The Bertz CT molecular complexity index is 202. The number of carbonyl (C=O) groups is 1. The van der Waals surface area contributed by atoms with E-state index < -0.39 is 6.10 Å². The predicted molar refractivity (Wildman–Crippen MR) is 64.9 cm³/mol. The minimum absolute atomic E-state index is 0.102. The van der Waals surface area contributed by atoms with E-state index in [1.54, 1.807) is 14.0 Å². The maximum absolute atomic E-state index is 11.2. The molecule has 0 aliphatic carbocycles. The summed E-state index contributed by atoms with van der Waals surface area (Å²) in [6, 6.07) is -0.321. The smallest absolute Gasteiger partial charge is 0.236 e. The Balaban J connectivity index is 3.45. The number of nitrogens with one attached hydrogen (secondary N) is 2. The summed E-state index contributed by atoms with van der Waals surface area (Å²) in [4.78, 5) is 11.2. The molecule has 6 nitrogen and oxygen atoms in total. The summed E-state index contributed by atoms with van der Waals surface area (Å²) in [7, 11) is 1.58. The summed E-state index contributed by atoms with van der Waals surface area (Å²) in [6.45, 7) is 5.88. The molecule has 3 N–H and O–H groups in total. The molecule has 0 spiro atoms. The lowest BCUT2D eigenvalue weighted by Crippen LogP contribution is -2.44. The summed E-state index contributed by atoms with van der Waals surface area (Å²) in [5, 5.41) is 15.0. The van der Waals surface area contributed by atoms with Gasteiger partial charge >= 0.3 is 0 Å². The molecule has 0 aromatic heterocycles. The Hall–Kier alpha value is -0.690. The Morgan fingerprint density at radius 1 is 1.35 bits per heavy atom. The lowest BCUT2D eigenvalue weighted by molar-refractivity contribution is -0.122. The van der Waals surface area contributed by atoms with Crippen LogP contribution in [0.4, 0.5) is 0 Å². The monoisotopic (exact) mass is 248 g/mol. The maximum Gasteiger partial charge on any atom is 0.236 e. The molecule has 0 aliphatic heterocycles. The van der Waals surface area contributed by atoms with Gasteiger partial charge in [-0.3, -0.25) is 4.79 Å². The average Bonchev–Trinajstić information content (AvgIpc) is 2.34. The van der Waals surface area contributed by atoms with Gasteiger partial charge in [-0.05, 0) is 13.8 Å². The third-order valence-corrected chi connectivity index (χ3v) is 2.19. The van der Waals surface area contributed by atoms with Gasteiger partial charge in [0.25, 0.3) is 0 Å². The fourth-order valence-electron chi connectivity index (χ4n) is 1.16. The topological polar surface area (TPSA) is 79.8 Å². The first-order valence-corrected chi connectivity index (χ1v) is 5.90. The van der Waals surface area contributed by atoms with Gasteiger partial charge in [0.15, 0.2) is 0 Å². The summed E-state index contributed by atoms with van der Waals surface area (Å²) >= 11 is 0. The number of ether oxygens (including phenoxy) is 2. The number of carbonyl (C=O) groups excluding carboxylic acids is 1. The molecule has 0 bridgehead atoms. The van der Waals surface area contributed by atoms with Crippen molar-refractivity contribution in [1.82, 2.24) is 10.6 Å². The second-order valence-corrected chi connectivity index (χ2v) is 3.67. The second kappa shape index (κ2) is 10.5. The molecular weight excluding hydrogens is 224 g/mol. The number of rotatable bonds is 10. The zero-order valence-corrected chi connectivity index (χ0v) is 10.9. The van der Waals surface area contributed by atoms with E-state index in [1.807, 2.05) is 6.92 Å². The first-order valence-electron chi connectivity index (χ1n) is 5.90. The molecular formula is C11H24N2O4. The summed E-state index contributed by atoms with van der Waals surface area (Å²) in [6.07, 6.45) is -0.622. The highest BCUT2D eigenvalue weighted by Gasteiger charge is 2.12. The van der Waals surface area contributed by atoms with Gasteiger partial charge in [0.05, 0.1) is 32.0 Å². The molecule has 1 amide bonds. The van der Waals surface area contributed by atoms with Crippen LogP contribution in [0, 0.1) is 0 Å². The fraction of sp³-hybridized carbons (Fsp3) is 0.909. The van der Waals surface area contributed by atoms with Gasteiger partial charge in [-0.15, -0.1) is 0 Å². The molecule has 0 heterocycles. The quantitative estimate of drug-likeness (QED) is 0.438. The number of aliphatic hydroxyl groups is 1. The molecule has 0 aromatic rings. The minimum atomic E-state index is -0.622. The number of amides is 1. The first kappa shape index (κ1) is 16.3. The molecule has 0 saturated heterocycles. The molecule has 0 radical (unpaired) electrons. The van der Waals surface area contributed by atoms with E-state index in [-0.39, 0.29) is 18.6 Å². The zero-order valence-electron chi connectivity index (χ0n) is 10.9. The van der Waals surface area contributed by atoms with Crippen LogP contribution in [0.5, 0.6) is 0 Å². The molecule has 0 saturated carbocycles. The van der Waals surface area contributed by atoms with E-state index in [0.717, 1.165) is 0 Å². The number of hydrogen-bond donors (Lipinski definition) is 3. The van der Waals surface area contributed by atoms with Crippen LogP contribution in [0.2, 0.25) is 0 Å². The van der Waals surface area contributed by atoms with Gasteiger partial charge in [-0.2, -0.15) is 0 Å². The van der Waals surface area contributed by atoms with Crippen molar-refractivity contribution >= 4 is 5.91 Å². The minimum Gasteiger partial charge on any atom is -0.389 e. The molecule has 0 rings (SSSR count). The molecule has 2 unspecified atom stereocenters. The summed E-state index contributed by atoms with van der Waals surface area (Å²) in [5.41, 5.74) is 0. The molecule has 6 heteroatoms. The Kier molecular flexibility index (Phi) is 10.0. The lowest BCUT2D eigenvalue weighted by Gasteiger charge is -2.16. The Labute approximate surface area is 103 Å². The first-order chi connectivity index (χ1) is 8.11. The van der Waals surface area contributed by atoms with Crippen LogP contribution < -0.4 is 10.6 Å². The van der Waals surface area contributed by atoms with Crippen molar-refractivity contribution in [3.8, 4) is 0 Å². The van der Waals surface area contributed by atoms with Crippen molar-refractivity contribution in [3.63, 3.8) is 0 Å². The summed E-state index contributed by atoms with van der Waals surface area (Å²) < 4.78 is 10.3. The normalized spacial score (nSPS) is 14.4. The Morgan fingerprint density at radius 3 is 2.59 bits per heavy atom. The molecule has 0 aromatic carbocycles. The van der Waals surface area contributed by atoms with Crippen LogP contribution >= 0.6 is 0 Å². The lowest BCUT2D eigenvalue weighted by atomic mass is 10.3. The van der Waals surface area contributed by atoms with E-state index in [2.05, 4.69) is 10.6 Å². The molecule has 102 valence electrons. The van der Waals surface area contributed by atoms with Crippen LogP contribution in [-0.2, 0) is 14.3 Å². The van der Waals surface area contributed by atoms with Crippen molar-refractivity contribution in [2.24, 2.45) is 0 Å². The van der Waals surface area contributed by atoms with Crippen LogP contribution in [0.25, 0.3) is 0 Å². The molecule has 2 atom stereocenters. The van der Waals surface area contributed by atoms with E-state index >= 15 is 0 Å². The third kappa shape index (κ3) is 9.05. The maximum atomic E-state index is 11.2. The third-order valence-electron chi connectivity index (χ3n) is 2.19. The largest absolute Gasteiger partial charge is 0.389 e. The van der Waals surface area contributed by atoms with Crippen LogP contribution in [0.15, 0.2) is 0 Å². The zero-order chi connectivity index (χ0) is 13.1. The van der Waals surface area contributed by atoms with E-state index in [4.69, 9.17) is 9.47 Å². The van der Waals surface area contributed by atoms with Crippen LogP contribution in [-0.4, -0.2) is 63.2 Å². The van der Waals surface area contributed by atoms with Crippen molar-refractivity contribution in [1.29, 1.82) is 0 Å². The van der Waals surface area contributed by atoms with Crippen molar-refractivity contribution in [2.45, 2.75) is 26.0 Å². The highest BCUT2D eigenvalue weighted by molar-refractivity contribution is 5.80. The standard InChI is InChI=1S/C11H24N2O4/c1-4-16-5-6-17-8-10(14)7-13-9(2)11(15)12-3/h9-10,13-14H,4-8H2,1-3H3,(H,12,15).